The van der Waals surface area contributed by atoms with E-state index in [1.807, 2.05) is 0 Å². The van der Waals surface area contributed by atoms with Gasteiger partial charge in [-0.05, 0) is 47.0 Å². The van der Waals surface area contributed by atoms with Crippen molar-refractivity contribution in [3.8, 4) is 0 Å². The molecule has 1 saturated heterocycles. The second kappa shape index (κ2) is 7.08. The van der Waals surface area contributed by atoms with E-state index in [0.29, 0.717) is 23.1 Å². The van der Waals surface area contributed by atoms with Crippen molar-refractivity contribution in [3.63, 3.8) is 0 Å². The number of nitrogens with two attached hydrogens (primary N) is 1. The lowest BCUT2D eigenvalue weighted by atomic mass is 10.1. The van der Waals surface area contributed by atoms with Gasteiger partial charge < -0.3 is 10.5 Å². The minimum atomic E-state index is -3.65. The molecule has 6 nitrogen and oxygen atoms in total. The van der Waals surface area contributed by atoms with Crippen molar-refractivity contribution in [1.82, 2.24) is 4.31 Å². The van der Waals surface area contributed by atoms with Gasteiger partial charge in [-0.25, -0.2) is 13.2 Å². The quantitative estimate of drug-likeness (QED) is 0.790. The monoisotopic (exact) mass is 390 g/mol. The molecule has 1 heterocycles. The first kappa shape index (κ1) is 17.4. The summed E-state index contributed by atoms with van der Waals surface area (Å²) >= 11 is 3.24. The van der Waals surface area contributed by atoms with E-state index in [1.54, 1.807) is 0 Å². The van der Waals surface area contributed by atoms with Crippen LogP contribution in [0.25, 0.3) is 0 Å². The number of piperidine rings is 1. The number of ether oxygens (including phenoxy) is 1. The lowest BCUT2D eigenvalue weighted by Crippen LogP contribution is -2.47. The Morgan fingerprint density at radius 2 is 2.18 bits per heavy atom. The molecule has 2 rings (SSSR count). The smallest absolute Gasteiger partial charge is 0.337 e. The van der Waals surface area contributed by atoms with E-state index < -0.39 is 16.0 Å². The lowest BCUT2D eigenvalue weighted by Gasteiger charge is -2.34. The fourth-order valence-corrected chi connectivity index (χ4v) is 5.35. The molecule has 8 heteroatoms. The summed E-state index contributed by atoms with van der Waals surface area (Å²) in [5.74, 6) is -0.512. The van der Waals surface area contributed by atoms with E-state index in [9.17, 15) is 13.2 Å². The zero-order valence-electron chi connectivity index (χ0n) is 12.3. The molecule has 22 heavy (non-hydrogen) atoms. The van der Waals surface area contributed by atoms with Crippen LogP contribution in [0.4, 0.5) is 0 Å². The van der Waals surface area contributed by atoms with E-state index in [2.05, 4.69) is 20.7 Å². The third-order valence-electron chi connectivity index (χ3n) is 3.78. The molecule has 1 atom stereocenters. The summed E-state index contributed by atoms with van der Waals surface area (Å²) in [5.41, 5.74) is 6.00. The summed E-state index contributed by atoms with van der Waals surface area (Å²) in [7, 11) is -2.37. The molecule has 1 unspecified atom stereocenters. The number of sulfonamides is 1. The van der Waals surface area contributed by atoms with Crippen molar-refractivity contribution in [2.24, 2.45) is 5.73 Å². The van der Waals surface area contributed by atoms with Crippen molar-refractivity contribution in [3.05, 3.63) is 28.2 Å². The zero-order chi connectivity index (χ0) is 16.3. The van der Waals surface area contributed by atoms with Crippen molar-refractivity contribution >= 4 is 31.9 Å². The second-order valence-corrected chi connectivity index (χ2v) is 7.85. The second-order valence-electron chi connectivity index (χ2n) is 5.14. The van der Waals surface area contributed by atoms with E-state index in [-0.39, 0.29) is 10.9 Å². The number of carbonyl (C=O) groups is 1. The Labute approximate surface area is 138 Å². The SMILES string of the molecule is COC(=O)c1ccc(S(=O)(=O)N2CCCCC2CN)c(Br)c1. The summed E-state index contributed by atoms with van der Waals surface area (Å²) in [6.07, 6.45) is 2.58. The maximum Gasteiger partial charge on any atom is 0.337 e. The van der Waals surface area contributed by atoms with E-state index in [1.165, 1.54) is 29.6 Å². The summed E-state index contributed by atoms with van der Waals surface area (Å²) < 4.78 is 32.1. The lowest BCUT2D eigenvalue weighted by molar-refractivity contribution is 0.0600. The van der Waals surface area contributed by atoms with Gasteiger partial charge in [0.2, 0.25) is 10.0 Å². The number of esters is 1. The highest BCUT2D eigenvalue weighted by Gasteiger charge is 2.34. The molecule has 1 fully saturated rings. The Bertz CT molecular complexity index is 663. The third-order valence-corrected chi connectivity index (χ3v) is 6.71. The maximum atomic E-state index is 12.9. The molecule has 0 spiro atoms. The average molecular weight is 391 g/mol. The first-order valence-corrected chi connectivity index (χ1v) is 9.25. The van der Waals surface area contributed by atoms with E-state index in [0.717, 1.165) is 19.3 Å². The van der Waals surface area contributed by atoms with Crippen LogP contribution in [0.2, 0.25) is 0 Å². The molecule has 1 aliphatic heterocycles. The fraction of sp³-hybridized carbons (Fsp3) is 0.500. The molecule has 0 radical (unpaired) electrons. The molecule has 1 aliphatic rings. The van der Waals surface area contributed by atoms with Crippen molar-refractivity contribution in [1.29, 1.82) is 0 Å². The van der Waals surface area contributed by atoms with E-state index in [4.69, 9.17) is 5.73 Å². The summed E-state index contributed by atoms with van der Waals surface area (Å²) in [4.78, 5) is 11.6. The zero-order valence-corrected chi connectivity index (χ0v) is 14.7. The minimum absolute atomic E-state index is 0.139. The first-order chi connectivity index (χ1) is 10.4. The van der Waals surface area contributed by atoms with E-state index >= 15 is 0 Å². The predicted molar refractivity (Wildman–Crippen MR) is 86.1 cm³/mol. The highest BCUT2D eigenvalue weighted by molar-refractivity contribution is 9.10. The van der Waals surface area contributed by atoms with Crippen LogP contribution in [-0.2, 0) is 14.8 Å². The normalized spacial score (nSPS) is 19.9. The van der Waals surface area contributed by atoms with Gasteiger partial charge >= 0.3 is 5.97 Å². The molecule has 122 valence electrons. The molecule has 0 saturated carbocycles. The standard InChI is InChI=1S/C14H19BrN2O4S/c1-21-14(18)10-5-6-13(12(15)8-10)22(19,20)17-7-3-2-4-11(17)9-16/h5-6,8,11H,2-4,7,9,16H2,1H3. The predicted octanol–water partition coefficient (Wildman–Crippen LogP) is 1.74. The van der Waals surface area contributed by atoms with Crippen molar-refractivity contribution in [2.45, 2.75) is 30.2 Å². The number of benzene rings is 1. The van der Waals surface area contributed by atoms with Crippen LogP contribution in [-0.4, -0.2) is 44.9 Å². The van der Waals surface area contributed by atoms with Gasteiger partial charge in [-0.2, -0.15) is 4.31 Å². The summed E-state index contributed by atoms with van der Waals surface area (Å²) in [5, 5.41) is 0. The van der Waals surface area contributed by atoms with Gasteiger partial charge in [0, 0.05) is 23.6 Å². The van der Waals surface area contributed by atoms with Crippen LogP contribution >= 0.6 is 15.9 Å². The van der Waals surface area contributed by atoms with Gasteiger partial charge in [0.15, 0.2) is 0 Å². The minimum Gasteiger partial charge on any atom is -0.465 e. The topological polar surface area (TPSA) is 89.7 Å². The third kappa shape index (κ3) is 3.34. The van der Waals surface area contributed by atoms with Crippen LogP contribution in [0, 0.1) is 0 Å². The Morgan fingerprint density at radius 3 is 2.77 bits per heavy atom. The fourth-order valence-electron chi connectivity index (χ4n) is 2.61. The van der Waals surface area contributed by atoms with Crippen LogP contribution in [0.3, 0.4) is 0 Å². The van der Waals surface area contributed by atoms with Crippen LogP contribution in [0.5, 0.6) is 0 Å². The molecule has 1 aromatic rings. The van der Waals surface area contributed by atoms with Gasteiger partial charge in [-0.1, -0.05) is 6.42 Å². The van der Waals surface area contributed by atoms with Crippen LogP contribution in [0.1, 0.15) is 29.6 Å². The van der Waals surface area contributed by atoms with Crippen molar-refractivity contribution in [2.75, 3.05) is 20.2 Å². The number of hydrogen-bond acceptors (Lipinski definition) is 5. The Balaban J connectivity index is 2.39. The molecule has 0 aliphatic carbocycles. The Kier molecular flexibility index (Phi) is 5.60. The summed E-state index contributed by atoms with van der Waals surface area (Å²) in [6.45, 7) is 0.770. The van der Waals surface area contributed by atoms with Gasteiger partial charge in [-0.3, -0.25) is 0 Å². The molecule has 0 bridgehead atoms. The van der Waals surface area contributed by atoms with Crippen molar-refractivity contribution < 1.29 is 17.9 Å². The highest BCUT2D eigenvalue weighted by Crippen LogP contribution is 2.30. The highest BCUT2D eigenvalue weighted by atomic mass is 79.9. The number of halogens is 1. The number of carbonyl (C=O) groups excluding carboxylic acids is 1. The number of hydrogen-bond donors (Lipinski definition) is 1. The van der Waals surface area contributed by atoms with Gasteiger partial charge in [0.05, 0.1) is 17.6 Å². The molecule has 0 amide bonds. The number of rotatable bonds is 4. The molecule has 0 aromatic heterocycles. The molecular weight excluding hydrogens is 372 g/mol. The number of nitrogens with zero attached hydrogens (tertiary/aromatic N) is 1. The first-order valence-electron chi connectivity index (χ1n) is 7.01. The average Bonchev–Trinajstić information content (AvgIpc) is 2.53. The van der Waals surface area contributed by atoms with Gasteiger partial charge in [-0.15, -0.1) is 0 Å². The maximum absolute atomic E-state index is 12.9. The Morgan fingerprint density at radius 1 is 1.45 bits per heavy atom. The van der Waals surface area contributed by atoms with Crippen LogP contribution < -0.4 is 5.73 Å². The molecule has 2 N–H and O–H groups in total. The molecule has 1 aromatic carbocycles. The number of methoxy groups -OCH3 is 1. The summed E-state index contributed by atoms with van der Waals surface area (Å²) in [6, 6.07) is 4.16. The largest absolute Gasteiger partial charge is 0.465 e. The molecular formula is C14H19BrN2O4S. The van der Waals surface area contributed by atoms with Gasteiger partial charge in [0.25, 0.3) is 0 Å². The van der Waals surface area contributed by atoms with Crippen LogP contribution in [0.15, 0.2) is 27.6 Å². The van der Waals surface area contributed by atoms with Gasteiger partial charge in [0.1, 0.15) is 0 Å². The Hall–Kier alpha value is -0.960.